The molecule has 2 aromatic rings. The summed E-state index contributed by atoms with van der Waals surface area (Å²) in [5.41, 5.74) is 1.28. The van der Waals surface area contributed by atoms with Crippen molar-refractivity contribution in [2.24, 2.45) is 11.8 Å². The summed E-state index contributed by atoms with van der Waals surface area (Å²) >= 11 is 5.95. The van der Waals surface area contributed by atoms with Crippen LogP contribution in [0.1, 0.15) is 50.2 Å². The van der Waals surface area contributed by atoms with Gasteiger partial charge >= 0.3 is 5.97 Å². The second-order valence-electron chi connectivity index (χ2n) is 11.1. The fourth-order valence-electron chi connectivity index (χ4n) is 5.02. The van der Waals surface area contributed by atoms with E-state index in [2.05, 4.69) is 10.2 Å². The van der Waals surface area contributed by atoms with Crippen LogP contribution in [-0.2, 0) is 32.4 Å². The first-order valence-corrected chi connectivity index (χ1v) is 15.5. The summed E-state index contributed by atoms with van der Waals surface area (Å²) in [6, 6.07) is 12.6. The van der Waals surface area contributed by atoms with E-state index < -0.39 is 35.4 Å². The number of aliphatic hydroxyl groups excluding tert-OH is 3. The zero-order chi connectivity index (χ0) is 33.5. The van der Waals surface area contributed by atoms with Gasteiger partial charge in [-0.05, 0) is 61.4 Å². The van der Waals surface area contributed by atoms with E-state index in [9.17, 15) is 35.0 Å². The van der Waals surface area contributed by atoms with Crippen molar-refractivity contribution < 1.29 is 44.3 Å². The Balaban J connectivity index is 1.33. The molecule has 13 heteroatoms. The molecule has 46 heavy (non-hydrogen) atoms. The van der Waals surface area contributed by atoms with Gasteiger partial charge in [0.15, 0.2) is 0 Å². The maximum atomic E-state index is 12.3. The van der Waals surface area contributed by atoms with Gasteiger partial charge in [0.05, 0.1) is 12.2 Å². The minimum absolute atomic E-state index is 0.0114. The van der Waals surface area contributed by atoms with Gasteiger partial charge in [0.2, 0.25) is 5.91 Å². The summed E-state index contributed by atoms with van der Waals surface area (Å²) in [6.07, 6.45) is 6.97. The maximum Gasteiger partial charge on any atom is 0.328 e. The van der Waals surface area contributed by atoms with E-state index in [-0.39, 0.29) is 50.4 Å². The van der Waals surface area contributed by atoms with Gasteiger partial charge in [-0.25, -0.2) is 4.79 Å². The maximum absolute atomic E-state index is 12.3. The number of nitrogens with zero attached hydrogens (tertiary/aromatic N) is 1. The standard InChI is InChI=1S/C33H41ClN2O10/c1-22(33(41)45-19-23-11-13-24(14-12-23)20-46-36(42)43)35-32(40)10-5-3-2-4-9-28-29(31(39)18-30(28)38)16-15-26(37)21-44-27-8-6-7-25(34)17-27/h2,4,6-8,11-17,22,26,28-31,37-39H,3,5,9-10,18-21H2,1H3,(H,35,40)/t22?,26-,28-,29-,30+,31-/m1/s1. The van der Waals surface area contributed by atoms with Gasteiger partial charge in [-0.15, -0.1) is 10.1 Å². The molecule has 1 aliphatic rings. The molecule has 0 aromatic heterocycles. The number of aliphatic hydroxyl groups is 3. The normalized spacial score (nSPS) is 20.8. The quantitative estimate of drug-likeness (QED) is 0.0599. The molecule has 0 aliphatic heterocycles. The highest BCUT2D eigenvalue weighted by Gasteiger charge is 2.39. The molecule has 4 N–H and O–H groups in total. The Hall–Kier alpha value is -3.97. The van der Waals surface area contributed by atoms with Crippen molar-refractivity contribution in [3.63, 3.8) is 0 Å². The lowest BCUT2D eigenvalue weighted by atomic mass is 9.89. The highest BCUT2D eigenvalue weighted by atomic mass is 35.5. The summed E-state index contributed by atoms with van der Waals surface area (Å²) < 4.78 is 10.8. The zero-order valence-corrected chi connectivity index (χ0v) is 26.3. The van der Waals surface area contributed by atoms with Crippen LogP contribution in [0.25, 0.3) is 0 Å². The van der Waals surface area contributed by atoms with Crippen molar-refractivity contribution >= 4 is 23.5 Å². The Morgan fingerprint density at radius 1 is 1.11 bits per heavy atom. The number of carbonyl (C=O) groups is 2. The lowest BCUT2D eigenvalue weighted by Gasteiger charge is -2.19. The van der Waals surface area contributed by atoms with Gasteiger partial charge in [0, 0.05) is 23.8 Å². The fraction of sp³-hybridized carbons (Fsp3) is 0.455. The monoisotopic (exact) mass is 660 g/mol. The van der Waals surface area contributed by atoms with Crippen molar-refractivity contribution in [2.45, 2.75) is 76.6 Å². The van der Waals surface area contributed by atoms with Crippen molar-refractivity contribution in [3.05, 3.63) is 99.1 Å². The molecule has 1 fully saturated rings. The Bertz CT molecular complexity index is 1340. The number of hydrogen-bond acceptors (Lipinski definition) is 10. The van der Waals surface area contributed by atoms with Crippen LogP contribution < -0.4 is 10.1 Å². The number of unbranched alkanes of at least 4 members (excludes halogenated alkanes) is 1. The molecule has 0 spiro atoms. The van der Waals surface area contributed by atoms with Crippen molar-refractivity contribution in [2.75, 3.05) is 6.61 Å². The Labute approximate surface area is 272 Å². The van der Waals surface area contributed by atoms with Crippen LogP contribution in [-0.4, -0.2) is 63.2 Å². The van der Waals surface area contributed by atoms with Gasteiger partial charge in [0.1, 0.15) is 37.7 Å². The number of benzene rings is 2. The number of carbonyl (C=O) groups excluding carboxylic acids is 2. The minimum atomic E-state index is -0.903. The topological polar surface area (TPSA) is 178 Å². The molecule has 0 radical (unpaired) electrons. The summed E-state index contributed by atoms with van der Waals surface area (Å²) in [4.78, 5) is 39.2. The van der Waals surface area contributed by atoms with E-state index in [1.807, 2.05) is 12.2 Å². The molecule has 0 bridgehead atoms. The molecule has 0 saturated heterocycles. The van der Waals surface area contributed by atoms with Gasteiger partial charge in [0.25, 0.3) is 5.09 Å². The molecule has 1 saturated carbocycles. The van der Waals surface area contributed by atoms with E-state index in [0.29, 0.717) is 41.2 Å². The number of halogens is 1. The van der Waals surface area contributed by atoms with Crippen LogP contribution in [0, 0.1) is 22.0 Å². The smallest absolute Gasteiger partial charge is 0.328 e. The average molecular weight is 661 g/mol. The Morgan fingerprint density at radius 2 is 1.83 bits per heavy atom. The highest BCUT2D eigenvalue weighted by Crippen LogP contribution is 2.36. The summed E-state index contributed by atoms with van der Waals surface area (Å²) in [5.74, 6) is -0.890. The second-order valence-corrected chi connectivity index (χ2v) is 11.6. The molecule has 1 unspecified atom stereocenters. The predicted octanol–water partition coefficient (Wildman–Crippen LogP) is 4.07. The largest absolute Gasteiger partial charge is 0.491 e. The van der Waals surface area contributed by atoms with Gasteiger partial charge in [-0.2, -0.15) is 0 Å². The number of nitrogens with one attached hydrogen (secondary N) is 1. The Morgan fingerprint density at radius 3 is 2.52 bits per heavy atom. The van der Waals surface area contributed by atoms with Crippen molar-refractivity contribution in [1.82, 2.24) is 5.32 Å². The molecule has 250 valence electrons. The van der Waals surface area contributed by atoms with Gasteiger partial charge < -0.3 is 34.9 Å². The number of hydrogen-bond donors (Lipinski definition) is 4. The molecule has 12 nitrogen and oxygen atoms in total. The number of allylic oxidation sites excluding steroid dienone is 2. The molecule has 0 heterocycles. The third-order valence-corrected chi connectivity index (χ3v) is 7.74. The summed E-state index contributed by atoms with van der Waals surface area (Å²) in [6.45, 7) is 1.37. The third kappa shape index (κ3) is 12.8. The number of rotatable bonds is 18. The minimum Gasteiger partial charge on any atom is -0.491 e. The molecule has 1 aliphatic carbocycles. The van der Waals surface area contributed by atoms with E-state index >= 15 is 0 Å². The van der Waals surface area contributed by atoms with Crippen molar-refractivity contribution in [1.29, 1.82) is 0 Å². The first kappa shape index (κ1) is 36.5. The van der Waals surface area contributed by atoms with Crippen LogP contribution in [0.5, 0.6) is 5.75 Å². The van der Waals surface area contributed by atoms with Crippen molar-refractivity contribution in [3.8, 4) is 5.75 Å². The summed E-state index contributed by atoms with van der Waals surface area (Å²) in [7, 11) is 0. The number of amides is 1. The predicted molar refractivity (Wildman–Crippen MR) is 169 cm³/mol. The molecule has 3 rings (SSSR count). The van der Waals surface area contributed by atoms with E-state index in [1.54, 1.807) is 60.7 Å². The Kier molecular flexibility index (Phi) is 15.0. The van der Waals surface area contributed by atoms with E-state index in [0.717, 1.165) is 0 Å². The molecule has 2 aromatic carbocycles. The number of esters is 1. The fourth-order valence-corrected chi connectivity index (χ4v) is 5.20. The number of ether oxygens (including phenoxy) is 2. The average Bonchev–Trinajstić information content (AvgIpc) is 3.29. The SMILES string of the molecule is CC(NC(=O)CCCC=CC[C@@H]1[C@@H](C=C[C@@H](O)COc2cccc(Cl)c2)[C@H](O)C[C@@H]1O)C(=O)OCc1ccc(CO[N+](=O)[O-])cc1. The van der Waals surface area contributed by atoms with Gasteiger partial charge in [-0.1, -0.05) is 66.2 Å². The molecular weight excluding hydrogens is 620 g/mol. The van der Waals surface area contributed by atoms with Crippen LogP contribution >= 0.6 is 11.6 Å². The zero-order valence-electron chi connectivity index (χ0n) is 25.6. The van der Waals surface area contributed by atoms with Crippen LogP contribution in [0.3, 0.4) is 0 Å². The lowest BCUT2D eigenvalue weighted by molar-refractivity contribution is -0.763. The molecule has 6 atom stereocenters. The van der Waals surface area contributed by atoms with Gasteiger partial charge in [-0.3, -0.25) is 4.79 Å². The third-order valence-electron chi connectivity index (χ3n) is 7.51. The molecule has 1 amide bonds. The highest BCUT2D eigenvalue weighted by molar-refractivity contribution is 6.30. The summed E-state index contributed by atoms with van der Waals surface area (Å²) in [5, 5.41) is 43.8. The first-order valence-electron chi connectivity index (χ1n) is 15.1. The lowest BCUT2D eigenvalue weighted by Crippen LogP contribution is -2.39. The molecular formula is C33H41ClN2O10. The first-order chi connectivity index (χ1) is 22.0. The van der Waals surface area contributed by atoms with E-state index in [4.69, 9.17) is 21.1 Å². The van der Waals surface area contributed by atoms with Crippen LogP contribution in [0.4, 0.5) is 0 Å². The second kappa shape index (κ2) is 18.9. The van der Waals surface area contributed by atoms with E-state index in [1.165, 1.54) is 6.92 Å². The van der Waals surface area contributed by atoms with Crippen LogP contribution in [0.2, 0.25) is 5.02 Å². The van der Waals surface area contributed by atoms with Crippen LogP contribution in [0.15, 0.2) is 72.8 Å².